The second-order valence-corrected chi connectivity index (χ2v) is 21.1. The third-order valence-corrected chi connectivity index (χ3v) is 14.8. The Morgan fingerprint density at radius 2 is 1.87 bits per heavy atom. The summed E-state index contributed by atoms with van der Waals surface area (Å²) in [7, 11) is 3.29. The summed E-state index contributed by atoms with van der Waals surface area (Å²) in [4.78, 5) is 81.0. The number of benzene rings is 2. The highest BCUT2D eigenvalue weighted by atomic mass is 16.5. The van der Waals surface area contributed by atoms with Crippen molar-refractivity contribution in [1.29, 1.82) is 0 Å². The van der Waals surface area contributed by atoms with E-state index in [1.54, 1.807) is 37.4 Å². The van der Waals surface area contributed by atoms with Gasteiger partial charge in [-0.25, -0.2) is 5.43 Å². The number of fused-ring (bicyclic) bond motifs is 6. The number of aromatic hydroxyl groups is 1. The van der Waals surface area contributed by atoms with Crippen LogP contribution in [0.4, 0.5) is 0 Å². The molecule has 2 aromatic heterocycles. The Morgan fingerprint density at radius 3 is 2.61 bits per heavy atom. The van der Waals surface area contributed by atoms with Crippen molar-refractivity contribution in [3.05, 3.63) is 83.2 Å². The minimum Gasteiger partial charge on any atom is -0.508 e. The van der Waals surface area contributed by atoms with Gasteiger partial charge in [-0.1, -0.05) is 51.5 Å². The molecule has 0 spiro atoms. The molecule has 6 bridgehead atoms. The average Bonchev–Trinajstić information content (AvgIpc) is 4.10. The number of likely N-dealkylation sites (tertiary alicyclic amines) is 2. The molecule has 0 radical (unpaired) electrons. The first-order valence-corrected chi connectivity index (χ1v) is 25.3. The molecule has 1 unspecified atom stereocenters. The lowest BCUT2D eigenvalue weighted by Gasteiger charge is -2.37. The summed E-state index contributed by atoms with van der Waals surface area (Å²) in [5, 5.41) is 16.8. The Kier molecular flexibility index (Phi) is 15.7. The molecule has 4 aliphatic heterocycles. The molecule has 0 saturated carbocycles. The van der Waals surface area contributed by atoms with Crippen LogP contribution in [0.2, 0.25) is 0 Å². The molecular weight excluding hydrogens is 901 g/mol. The molecule has 3 N–H and O–H groups in total. The number of allylic oxidation sites excluding steroid dienone is 1. The SMILES string of the molecule is C/C=C1/CCN(CC(=O)N2CC[C@H](C(=O)N(C)C(C(=O)N[C@H]3Cc4cc(O)cc(c4)-c4ccc5c(c4)c(c(-c4cnccc4COC)n5CC)CC(C)(C)COC(=O)[C@@H]4CCCN(N4)C3=O)C(C)C)C2)C1. The molecule has 16 nitrogen and oxygen atoms in total. The molecule has 2 aromatic carbocycles. The Bertz CT molecular complexity index is 2690. The summed E-state index contributed by atoms with van der Waals surface area (Å²) >= 11 is 0. The van der Waals surface area contributed by atoms with E-state index in [1.165, 1.54) is 15.5 Å². The molecule has 4 aliphatic rings. The maximum absolute atomic E-state index is 14.8. The van der Waals surface area contributed by atoms with Gasteiger partial charge in [0.15, 0.2) is 0 Å². The molecule has 3 saturated heterocycles. The van der Waals surface area contributed by atoms with E-state index in [9.17, 15) is 29.1 Å². The highest BCUT2D eigenvalue weighted by Crippen LogP contribution is 2.41. The number of esters is 1. The third-order valence-electron chi connectivity index (χ3n) is 14.8. The van der Waals surface area contributed by atoms with Gasteiger partial charge in [0.2, 0.25) is 17.7 Å². The zero-order valence-corrected chi connectivity index (χ0v) is 42.8. The highest BCUT2D eigenvalue weighted by Gasteiger charge is 2.41. The number of carbonyl (C=O) groups excluding carboxylic acids is 5. The first kappa shape index (κ1) is 51.3. The molecule has 380 valence electrons. The topological polar surface area (TPSA) is 179 Å². The Hall–Kier alpha value is -6.10. The number of cyclic esters (lactones) is 1. The highest BCUT2D eigenvalue weighted by molar-refractivity contribution is 5.96. The predicted molar refractivity (Wildman–Crippen MR) is 272 cm³/mol. The minimum absolute atomic E-state index is 0.00325. The van der Waals surface area contributed by atoms with Crippen LogP contribution in [0.25, 0.3) is 33.3 Å². The van der Waals surface area contributed by atoms with E-state index in [0.29, 0.717) is 57.5 Å². The number of carbonyl (C=O) groups is 5. The fraction of sp³-hybridized carbons (Fsp3) is 0.527. The van der Waals surface area contributed by atoms with Gasteiger partial charge in [0.1, 0.15) is 23.9 Å². The van der Waals surface area contributed by atoms with Crippen LogP contribution >= 0.6 is 0 Å². The number of nitrogens with one attached hydrogen (secondary N) is 2. The molecule has 71 heavy (non-hydrogen) atoms. The smallest absolute Gasteiger partial charge is 0.324 e. The number of hydrogen-bond donors (Lipinski definition) is 3. The van der Waals surface area contributed by atoms with E-state index in [2.05, 4.69) is 64.2 Å². The first-order chi connectivity index (χ1) is 34.0. The molecule has 6 heterocycles. The predicted octanol–water partition coefficient (Wildman–Crippen LogP) is 5.87. The number of amides is 4. The van der Waals surface area contributed by atoms with Gasteiger partial charge in [0.05, 0.1) is 31.4 Å². The Labute approximate surface area is 417 Å². The van der Waals surface area contributed by atoms with Crippen molar-refractivity contribution in [3.63, 3.8) is 0 Å². The molecule has 4 atom stereocenters. The van der Waals surface area contributed by atoms with Gasteiger partial charge in [-0.3, -0.25) is 38.9 Å². The molecule has 8 rings (SSSR count). The fourth-order valence-corrected chi connectivity index (χ4v) is 11.1. The van der Waals surface area contributed by atoms with Crippen LogP contribution in [-0.2, 0) is 59.4 Å². The largest absolute Gasteiger partial charge is 0.508 e. The fourth-order valence-electron chi connectivity index (χ4n) is 11.1. The number of aromatic nitrogens is 2. The molecule has 4 aromatic rings. The first-order valence-electron chi connectivity index (χ1n) is 25.3. The van der Waals surface area contributed by atoms with E-state index < -0.39 is 47.2 Å². The summed E-state index contributed by atoms with van der Waals surface area (Å²) in [5.74, 6) is -2.52. The van der Waals surface area contributed by atoms with Gasteiger partial charge in [0, 0.05) is 94.1 Å². The molecule has 4 amide bonds. The quantitative estimate of drug-likeness (QED) is 0.121. The number of rotatable bonds is 11. The molecule has 0 aliphatic carbocycles. The number of phenols is 1. The summed E-state index contributed by atoms with van der Waals surface area (Å²) in [5.41, 5.74) is 11.1. The minimum atomic E-state index is -1.16. The normalized spacial score (nSPS) is 21.9. The zero-order valence-electron chi connectivity index (χ0n) is 42.8. The number of methoxy groups -OCH3 is 1. The molecule has 3 fully saturated rings. The van der Waals surface area contributed by atoms with Crippen LogP contribution < -0.4 is 10.7 Å². The molecular formula is C55H72N8O8. The van der Waals surface area contributed by atoms with Crippen LogP contribution in [0.5, 0.6) is 5.75 Å². The summed E-state index contributed by atoms with van der Waals surface area (Å²) in [6.45, 7) is 16.1. The van der Waals surface area contributed by atoms with Crippen molar-refractivity contribution in [2.24, 2.45) is 17.3 Å². The second kappa shape index (κ2) is 21.7. The van der Waals surface area contributed by atoms with Crippen LogP contribution in [0.15, 0.2) is 66.5 Å². The lowest BCUT2D eigenvalue weighted by atomic mass is 9.84. The van der Waals surface area contributed by atoms with Crippen molar-refractivity contribution < 1.29 is 38.6 Å². The van der Waals surface area contributed by atoms with E-state index in [1.807, 2.05) is 45.2 Å². The van der Waals surface area contributed by atoms with Crippen molar-refractivity contribution in [3.8, 4) is 28.1 Å². The number of hydrogen-bond acceptors (Lipinski definition) is 11. The Balaban J connectivity index is 1.12. The summed E-state index contributed by atoms with van der Waals surface area (Å²) in [6.07, 6.45) is 8.69. The van der Waals surface area contributed by atoms with Gasteiger partial charge in [-0.2, -0.15) is 0 Å². The number of phenolic OH excluding ortho intramolecular Hbond substituents is 1. The van der Waals surface area contributed by atoms with Gasteiger partial charge in [-0.05, 0) is 110 Å². The number of nitrogens with zero attached hydrogens (tertiary/aromatic N) is 6. The van der Waals surface area contributed by atoms with Crippen molar-refractivity contribution in [2.45, 2.75) is 111 Å². The summed E-state index contributed by atoms with van der Waals surface area (Å²) < 4.78 is 14.1. The van der Waals surface area contributed by atoms with E-state index in [4.69, 9.17) is 9.47 Å². The van der Waals surface area contributed by atoms with Crippen molar-refractivity contribution in [2.75, 3.05) is 60.0 Å². The van der Waals surface area contributed by atoms with Gasteiger partial charge >= 0.3 is 5.97 Å². The van der Waals surface area contributed by atoms with Crippen molar-refractivity contribution >= 4 is 40.5 Å². The number of likely N-dealkylation sites (N-methyl/N-ethyl adjacent to an activating group) is 1. The second-order valence-electron chi connectivity index (χ2n) is 21.1. The standard InChI is InChI=1S/C55H72N8O8/c1-9-35-16-20-60(29-35)31-48(65)61-21-17-38(30-61)52(67)59(7)49(34(3)4)51(66)57-46-24-36-22-40(25-41(64)23-36)37-13-14-47-42(26-37)43(50(62(47)10-2)44-28-56-18-15-39(44)32-70-8)27-55(5,6)33-71-54(69)45-12-11-19-63(58-45)53(46)68/h9,13-15,18,22-23,25-26,28,34,38,45-46,49,58,64H,10-12,16-17,19-21,24,27,29-33H2,1-8H3,(H,57,66)/b35-9-/t38-,45-,46-,49?/m0/s1. The van der Waals surface area contributed by atoms with Crippen molar-refractivity contribution in [1.82, 2.24) is 40.0 Å². The number of pyridine rings is 1. The van der Waals surface area contributed by atoms with Crippen LogP contribution in [0.1, 0.15) is 83.9 Å². The average molecular weight is 973 g/mol. The third kappa shape index (κ3) is 11.2. The lowest BCUT2D eigenvalue weighted by Crippen LogP contribution is -2.62. The lowest BCUT2D eigenvalue weighted by molar-refractivity contribution is -0.155. The number of aryl methyl sites for hydroxylation is 1. The number of hydrazine groups is 1. The monoisotopic (exact) mass is 973 g/mol. The van der Waals surface area contributed by atoms with Crippen LogP contribution in [0.3, 0.4) is 0 Å². The van der Waals surface area contributed by atoms with E-state index in [0.717, 1.165) is 63.9 Å². The summed E-state index contributed by atoms with van der Waals surface area (Å²) in [6, 6.07) is 10.5. The molecule has 16 heteroatoms. The maximum Gasteiger partial charge on any atom is 0.324 e. The van der Waals surface area contributed by atoms with Gasteiger partial charge < -0.3 is 34.3 Å². The zero-order chi connectivity index (χ0) is 50.7. The van der Waals surface area contributed by atoms with Gasteiger partial charge in [0.25, 0.3) is 5.91 Å². The maximum atomic E-state index is 14.8. The van der Waals surface area contributed by atoms with Crippen LogP contribution in [-0.4, -0.2) is 142 Å². The Morgan fingerprint density at radius 1 is 1.07 bits per heavy atom. The van der Waals surface area contributed by atoms with E-state index in [-0.39, 0.29) is 49.6 Å². The van der Waals surface area contributed by atoms with E-state index >= 15 is 0 Å². The number of ether oxygens (including phenoxy) is 2. The van der Waals surface area contributed by atoms with Gasteiger partial charge in [-0.15, -0.1) is 0 Å². The van der Waals surface area contributed by atoms with Crippen LogP contribution in [0, 0.1) is 17.3 Å².